The fourth-order valence-electron chi connectivity index (χ4n) is 1.15. The predicted molar refractivity (Wildman–Crippen MR) is 57.7 cm³/mol. The van der Waals surface area contributed by atoms with Crippen molar-refractivity contribution in [1.29, 1.82) is 0 Å². The van der Waals surface area contributed by atoms with Gasteiger partial charge in [0.25, 0.3) is 0 Å². The lowest BCUT2D eigenvalue weighted by atomic mass is 10.0. The molecule has 0 aliphatic rings. The summed E-state index contributed by atoms with van der Waals surface area (Å²) in [6.07, 6.45) is -4.51. The van der Waals surface area contributed by atoms with Gasteiger partial charge in [-0.2, -0.15) is 13.2 Å². The quantitative estimate of drug-likeness (QED) is 0.872. The highest BCUT2D eigenvalue weighted by molar-refractivity contribution is 6.32. The lowest BCUT2D eigenvalue weighted by Crippen LogP contribution is -2.17. The van der Waals surface area contributed by atoms with Gasteiger partial charge in [0, 0.05) is 0 Å². The Labute approximate surface area is 102 Å². The molecule has 0 amide bonds. The predicted octanol–water partition coefficient (Wildman–Crippen LogP) is 2.77. The highest BCUT2D eigenvalue weighted by Gasteiger charge is 2.34. The Morgan fingerprint density at radius 3 is 2.38 bits per heavy atom. The number of hydrogen-bond donors (Lipinski definition) is 2. The molecule has 1 aromatic carbocycles. The van der Waals surface area contributed by atoms with Crippen molar-refractivity contribution in [3.63, 3.8) is 0 Å². The van der Waals surface area contributed by atoms with E-state index in [2.05, 4.69) is 0 Å². The molecule has 0 aliphatic heterocycles. The van der Waals surface area contributed by atoms with E-state index in [9.17, 15) is 13.2 Å². The molecule has 0 aliphatic carbocycles. The molecule has 0 unspecified atom stereocenters. The Kier molecular flexibility index (Phi) is 5.55. The average molecular weight is 276 g/mol. The third-order valence-corrected chi connectivity index (χ3v) is 2.35. The number of aliphatic hydroxyl groups is 1. The van der Waals surface area contributed by atoms with Crippen LogP contribution in [0.15, 0.2) is 18.2 Å². The summed E-state index contributed by atoms with van der Waals surface area (Å²) in [5.74, 6) is 0. The molecular weight excluding hydrogens is 266 g/mol. The van der Waals surface area contributed by atoms with Crippen LogP contribution >= 0.6 is 24.0 Å². The zero-order valence-corrected chi connectivity index (χ0v) is 9.53. The summed E-state index contributed by atoms with van der Waals surface area (Å²) >= 11 is 5.56. The Morgan fingerprint density at radius 2 is 1.94 bits per heavy atom. The van der Waals surface area contributed by atoms with E-state index < -0.39 is 29.4 Å². The molecule has 7 heteroatoms. The van der Waals surface area contributed by atoms with Crippen molar-refractivity contribution in [3.8, 4) is 0 Å². The Morgan fingerprint density at radius 1 is 1.38 bits per heavy atom. The van der Waals surface area contributed by atoms with Crippen LogP contribution in [0.5, 0.6) is 0 Å². The van der Waals surface area contributed by atoms with Gasteiger partial charge in [0.15, 0.2) is 0 Å². The minimum atomic E-state index is -4.51. The van der Waals surface area contributed by atoms with Crippen molar-refractivity contribution in [2.24, 2.45) is 5.73 Å². The van der Waals surface area contributed by atoms with E-state index in [1.165, 1.54) is 12.1 Å². The molecule has 0 saturated heterocycles. The van der Waals surface area contributed by atoms with E-state index in [1.54, 1.807) is 0 Å². The molecular formula is C9H10Cl2F3NO. The molecule has 1 atom stereocenters. The zero-order chi connectivity index (χ0) is 11.6. The van der Waals surface area contributed by atoms with Crippen molar-refractivity contribution in [2.45, 2.75) is 12.2 Å². The van der Waals surface area contributed by atoms with Gasteiger partial charge >= 0.3 is 6.18 Å². The monoisotopic (exact) mass is 275 g/mol. The summed E-state index contributed by atoms with van der Waals surface area (Å²) in [5, 5.41) is 8.29. The largest absolute Gasteiger partial charge is 0.417 e. The van der Waals surface area contributed by atoms with E-state index in [4.69, 9.17) is 22.4 Å². The van der Waals surface area contributed by atoms with Crippen LogP contribution in [0.25, 0.3) is 0 Å². The Hall–Kier alpha value is -0.490. The summed E-state index contributed by atoms with van der Waals surface area (Å²) in [4.78, 5) is 0. The maximum absolute atomic E-state index is 12.4. The summed E-state index contributed by atoms with van der Waals surface area (Å²) in [6.45, 7) is -0.457. The molecule has 1 aromatic rings. The summed E-state index contributed by atoms with van der Waals surface area (Å²) in [6, 6.07) is 2.54. The number of hydrogen-bond acceptors (Lipinski definition) is 2. The number of nitrogens with two attached hydrogens (primary N) is 1. The van der Waals surface area contributed by atoms with Crippen LogP contribution in [-0.2, 0) is 6.18 Å². The SMILES string of the molecule is Cl.N[C@H](CO)c1cccc(C(F)(F)F)c1Cl. The maximum atomic E-state index is 12.4. The first-order chi connectivity index (χ1) is 6.88. The third-order valence-electron chi connectivity index (χ3n) is 1.93. The second-order valence-corrected chi connectivity index (χ2v) is 3.37. The van der Waals surface area contributed by atoms with Gasteiger partial charge in [0.2, 0.25) is 0 Å². The molecule has 3 N–H and O–H groups in total. The Bertz CT molecular complexity index is 357. The van der Waals surface area contributed by atoms with Crippen molar-refractivity contribution < 1.29 is 18.3 Å². The van der Waals surface area contributed by atoms with Gasteiger partial charge in [-0.25, -0.2) is 0 Å². The van der Waals surface area contributed by atoms with E-state index in [0.717, 1.165) is 6.07 Å². The maximum Gasteiger partial charge on any atom is 0.417 e. The van der Waals surface area contributed by atoms with Gasteiger partial charge in [-0.15, -0.1) is 12.4 Å². The number of alkyl halides is 3. The van der Waals surface area contributed by atoms with E-state index >= 15 is 0 Å². The van der Waals surface area contributed by atoms with Gasteiger partial charge < -0.3 is 10.8 Å². The summed E-state index contributed by atoms with van der Waals surface area (Å²) < 4.78 is 37.2. The van der Waals surface area contributed by atoms with Crippen LogP contribution < -0.4 is 5.73 Å². The van der Waals surface area contributed by atoms with Gasteiger partial charge in [-0.1, -0.05) is 23.7 Å². The number of halogens is 5. The van der Waals surface area contributed by atoms with Crippen molar-refractivity contribution in [1.82, 2.24) is 0 Å². The van der Waals surface area contributed by atoms with Crippen molar-refractivity contribution >= 4 is 24.0 Å². The lowest BCUT2D eigenvalue weighted by Gasteiger charge is -2.15. The standard InChI is InChI=1S/C9H9ClF3NO.ClH/c10-8-5(7(14)4-15)2-1-3-6(8)9(11,12)13;/h1-3,7,15H,4,14H2;1H/t7-;/m1./s1. The number of rotatable bonds is 2. The average Bonchev–Trinajstić information content (AvgIpc) is 2.15. The lowest BCUT2D eigenvalue weighted by molar-refractivity contribution is -0.137. The van der Waals surface area contributed by atoms with Crippen molar-refractivity contribution in [2.75, 3.05) is 6.61 Å². The van der Waals surface area contributed by atoms with Crippen LogP contribution in [0.4, 0.5) is 13.2 Å². The minimum Gasteiger partial charge on any atom is -0.394 e. The normalized spacial score (nSPS) is 13.1. The van der Waals surface area contributed by atoms with Gasteiger partial charge in [-0.05, 0) is 11.6 Å². The molecule has 1 rings (SSSR count). The first-order valence-electron chi connectivity index (χ1n) is 4.10. The molecule has 0 fully saturated rings. The molecule has 0 bridgehead atoms. The van der Waals surface area contributed by atoms with Crippen LogP contribution in [-0.4, -0.2) is 11.7 Å². The fourth-order valence-corrected chi connectivity index (χ4v) is 1.53. The van der Waals surface area contributed by atoms with Crippen molar-refractivity contribution in [3.05, 3.63) is 34.3 Å². The van der Waals surface area contributed by atoms with Crippen LogP contribution in [0.2, 0.25) is 5.02 Å². The second-order valence-electron chi connectivity index (χ2n) is 3.00. The molecule has 92 valence electrons. The van der Waals surface area contributed by atoms with Crippen LogP contribution in [0.3, 0.4) is 0 Å². The second kappa shape index (κ2) is 5.72. The molecule has 2 nitrogen and oxygen atoms in total. The summed E-state index contributed by atoms with van der Waals surface area (Å²) in [7, 11) is 0. The van der Waals surface area contributed by atoms with Gasteiger partial charge in [-0.3, -0.25) is 0 Å². The number of aliphatic hydroxyl groups excluding tert-OH is 1. The minimum absolute atomic E-state index is 0. The smallest absolute Gasteiger partial charge is 0.394 e. The zero-order valence-electron chi connectivity index (χ0n) is 7.96. The van der Waals surface area contributed by atoms with Gasteiger partial charge in [0.1, 0.15) is 0 Å². The van der Waals surface area contributed by atoms with E-state index in [1.807, 2.05) is 0 Å². The molecule has 0 heterocycles. The molecule has 16 heavy (non-hydrogen) atoms. The highest BCUT2D eigenvalue weighted by atomic mass is 35.5. The molecule has 0 spiro atoms. The first kappa shape index (κ1) is 15.5. The number of benzene rings is 1. The molecule has 0 radical (unpaired) electrons. The van der Waals surface area contributed by atoms with Gasteiger partial charge in [0.05, 0.1) is 23.2 Å². The van der Waals surface area contributed by atoms with E-state index in [0.29, 0.717) is 0 Å². The molecule has 0 saturated carbocycles. The molecule has 0 aromatic heterocycles. The first-order valence-corrected chi connectivity index (χ1v) is 4.47. The highest BCUT2D eigenvalue weighted by Crippen LogP contribution is 2.37. The van der Waals surface area contributed by atoms with E-state index in [-0.39, 0.29) is 18.0 Å². The Balaban J connectivity index is 0.00000225. The third kappa shape index (κ3) is 3.25. The summed E-state index contributed by atoms with van der Waals surface area (Å²) in [5.41, 5.74) is 4.56. The van der Waals surface area contributed by atoms with Crippen LogP contribution in [0.1, 0.15) is 17.2 Å². The topological polar surface area (TPSA) is 46.2 Å². The van der Waals surface area contributed by atoms with Crippen LogP contribution in [0, 0.1) is 0 Å². The fraction of sp³-hybridized carbons (Fsp3) is 0.333.